The topological polar surface area (TPSA) is 66.5 Å². The molecule has 0 spiro atoms. The van der Waals surface area contributed by atoms with Crippen LogP contribution in [-0.2, 0) is 6.42 Å². The summed E-state index contributed by atoms with van der Waals surface area (Å²) < 4.78 is 57.9. The van der Waals surface area contributed by atoms with Crippen LogP contribution in [0.4, 0.5) is 29.1 Å². The number of anilines is 2. The summed E-state index contributed by atoms with van der Waals surface area (Å²) in [7, 11) is 0. The molecule has 0 aliphatic rings. The Morgan fingerprint density at radius 1 is 1.25 bits per heavy atom. The van der Waals surface area contributed by atoms with Gasteiger partial charge in [-0.1, -0.05) is 12.0 Å². The van der Waals surface area contributed by atoms with Crippen molar-refractivity contribution in [1.29, 1.82) is 0 Å². The first-order chi connectivity index (χ1) is 15.2. The fraction of sp³-hybridized carbons (Fsp3) is 0.227. The summed E-state index contributed by atoms with van der Waals surface area (Å²) in [6, 6.07) is 7.77. The average Bonchev–Trinajstić information content (AvgIpc) is 3.19. The van der Waals surface area contributed by atoms with Crippen LogP contribution in [0.1, 0.15) is 12.5 Å². The minimum absolute atomic E-state index is 0.00552. The Balaban J connectivity index is 1.96. The first-order valence-corrected chi connectivity index (χ1v) is 9.52. The largest absolute Gasteiger partial charge is 0.378 e. The molecule has 6 nitrogen and oxygen atoms in total. The monoisotopic (exact) mass is 443 g/mol. The molecule has 0 fully saturated rings. The van der Waals surface area contributed by atoms with Crippen molar-refractivity contribution in [2.24, 2.45) is 0 Å². The zero-order chi connectivity index (χ0) is 23.0. The van der Waals surface area contributed by atoms with E-state index in [2.05, 4.69) is 21.1 Å². The van der Waals surface area contributed by atoms with Gasteiger partial charge in [0.2, 0.25) is 0 Å². The Kier molecular flexibility index (Phi) is 5.44. The highest BCUT2D eigenvalue weighted by atomic mass is 19.3. The third-order valence-corrected chi connectivity index (χ3v) is 4.90. The standard InChI is InChI=1S/C22H17F4N5O/c1-3-22(2,32)10-13-7-14(23)9-15(8-13)30(11-18(25)26)20-19-16(24)5-4-6-17(19)31-12-27-29-21(31)28-20/h1,4-9,12,18,32H,10-11H2,2H3. The van der Waals surface area contributed by atoms with Gasteiger partial charge in [0.25, 0.3) is 12.2 Å². The van der Waals surface area contributed by atoms with E-state index in [1.54, 1.807) is 6.07 Å². The number of benzene rings is 2. The minimum atomic E-state index is -2.85. The number of aliphatic hydroxyl groups is 1. The second-order valence-corrected chi connectivity index (χ2v) is 7.48. The lowest BCUT2D eigenvalue weighted by Crippen LogP contribution is -2.27. The SMILES string of the molecule is C#CC(C)(O)Cc1cc(F)cc(N(CC(F)F)c2nc3nncn3c3cccc(F)c23)c1. The maximum Gasteiger partial charge on any atom is 0.257 e. The molecule has 32 heavy (non-hydrogen) atoms. The van der Waals surface area contributed by atoms with Crippen LogP contribution in [0.25, 0.3) is 16.7 Å². The molecule has 2 aromatic heterocycles. The van der Waals surface area contributed by atoms with Gasteiger partial charge < -0.3 is 10.0 Å². The summed E-state index contributed by atoms with van der Waals surface area (Å²) in [6.45, 7) is 0.480. The van der Waals surface area contributed by atoms with Crippen molar-refractivity contribution in [3.63, 3.8) is 0 Å². The summed E-state index contributed by atoms with van der Waals surface area (Å²) in [6.07, 6.45) is 3.65. The van der Waals surface area contributed by atoms with Crippen LogP contribution >= 0.6 is 0 Å². The molecule has 0 aliphatic carbocycles. The molecule has 1 unspecified atom stereocenters. The molecule has 0 amide bonds. The smallest absolute Gasteiger partial charge is 0.257 e. The van der Waals surface area contributed by atoms with Gasteiger partial charge in [-0.25, -0.2) is 17.6 Å². The van der Waals surface area contributed by atoms with E-state index < -0.39 is 30.2 Å². The van der Waals surface area contributed by atoms with E-state index in [1.807, 2.05) is 0 Å². The molecule has 2 heterocycles. The molecule has 0 aliphatic heterocycles. The molecular weight excluding hydrogens is 426 g/mol. The third-order valence-electron chi connectivity index (χ3n) is 4.90. The number of rotatable bonds is 6. The number of hydrogen-bond donors (Lipinski definition) is 1. The minimum Gasteiger partial charge on any atom is -0.378 e. The van der Waals surface area contributed by atoms with Gasteiger partial charge in [0.1, 0.15) is 29.4 Å². The van der Waals surface area contributed by atoms with Crippen molar-refractivity contribution in [2.45, 2.75) is 25.4 Å². The molecular formula is C22H17F4N5O. The van der Waals surface area contributed by atoms with E-state index in [-0.39, 0.29) is 34.7 Å². The molecule has 4 rings (SSSR count). The predicted molar refractivity (Wildman–Crippen MR) is 111 cm³/mol. The highest BCUT2D eigenvalue weighted by molar-refractivity contribution is 5.94. The Hall–Kier alpha value is -3.71. The summed E-state index contributed by atoms with van der Waals surface area (Å²) in [5.41, 5.74) is -0.999. The molecule has 0 bridgehead atoms. The van der Waals surface area contributed by atoms with Crippen LogP contribution in [0, 0.1) is 24.0 Å². The Labute approximate surface area is 180 Å². The van der Waals surface area contributed by atoms with Gasteiger partial charge in [-0.05, 0) is 42.8 Å². The summed E-state index contributed by atoms with van der Waals surface area (Å²) in [4.78, 5) is 5.26. The third kappa shape index (κ3) is 4.07. The molecule has 1 N–H and O–H groups in total. The zero-order valence-corrected chi connectivity index (χ0v) is 16.8. The summed E-state index contributed by atoms with van der Waals surface area (Å²) >= 11 is 0. The predicted octanol–water partition coefficient (Wildman–Crippen LogP) is 3.89. The van der Waals surface area contributed by atoms with Crippen LogP contribution in [0.5, 0.6) is 0 Å². The number of hydrogen-bond acceptors (Lipinski definition) is 5. The van der Waals surface area contributed by atoms with Crippen molar-refractivity contribution in [1.82, 2.24) is 19.6 Å². The first-order valence-electron chi connectivity index (χ1n) is 9.52. The van der Waals surface area contributed by atoms with Crippen molar-refractivity contribution >= 4 is 28.2 Å². The highest BCUT2D eigenvalue weighted by Crippen LogP contribution is 2.34. The molecule has 1 atom stereocenters. The van der Waals surface area contributed by atoms with E-state index >= 15 is 0 Å². The van der Waals surface area contributed by atoms with Crippen LogP contribution in [0.3, 0.4) is 0 Å². The second kappa shape index (κ2) is 8.09. The Morgan fingerprint density at radius 2 is 2.03 bits per heavy atom. The van der Waals surface area contributed by atoms with Gasteiger partial charge in [-0.15, -0.1) is 16.6 Å². The van der Waals surface area contributed by atoms with Gasteiger partial charge in [-0.2, -0.15) is 4.98 Å². The lowest BCUT2D eigenvalue weighted by molar-refractivity contribution is 0.123. The molecule has 0 saturated carbocycles. The lowest BCUT2D eigenvalue weighted by atomic mass is 9.97. The Bertz CT molecular complexity index is 1350. The van der Waals surface area contributed by atoms with E-state index in [1.165, 1.54) is 35.9 Å². The van der Waals surface area contributed by atoms with Crippen LogP contribution in [-0.4, -0.2) is 43.3 Å². The number of nitrogens with zero attached hydrogens (tertiary/aromatic N) is 5. The number of terminal acetylenes is 1. The van der Waals surface area contributed by atoms with Crippen molar-refractivity contribution in [2.75, 3.05) is 11.4 Å². The van der Waals surface area contributed by atoms with Gasteiger partial charge in [-0.3, -0.25) is 4.40 Å². The molecule has 2 aromatic carbocycles. The molecule has 0 saturated heterocycles. The quantitative estimate of drug-likeness (QED) is 0.362. The van der Waals surface area contributed by atoms with E-state index in [0.29, 0.717) is 5.52 Å². The lowest BCUT2D eigenvalue weighted by Gasteiger charge is -2.26. The number of aromatic nitrogens is 4. The van der Waals surface area contributed by atoms with E-state index in [0.717, 1.165) is 17.0 Å². The fourth-order valence-electron chi connectivity index (χ4n) is 3.55. The van der Waals surface area contributed by atoms with E-state index in [4.69, 9.17) is 6.42 Å². The average molecular weight is 443 g/mol. The van der Waals surface area contributed by atoms with E-state index in [9.17, 15) is 22.7 Å². The summed E-state index contributed by atoms with van der Waals surface area (Å²) in [5.74, 6) is 0.642. The normalized spacial score (nSPS) is 13.4. The van der Waals surface area contributed by atoms with Crippen LogP contribution in [0.2, 0.25) is 0 Å². The van der Waals surface area contributed by atoms with Crippen molar-refractivity contribution in [3.8, 4) is 12.3 Å². The van der Waals surface area contributed by atoms with Gasteiger partial charge in [0.15, 0.2) is 0 Å². The van der Waals surface area contributed by atoms with Crippen molar-refractivity contribution < 1.29 is 22.7 Å². The number of halogens is 4. The van der Waals surface area contributed by atoms with Gasteiger partial charge >= 0.3 is 0 Å². The first kappa shape index (κ1) is 21.5. The second-order valence-electron chi connectivity index (χ2n) is 7.48. The van der Waals surface area contributed by atoms with Crippen molar-refractivity contribution in [3.05, 3.63) is 59.9 Å². The number of alkyl halides is 2. The van der Waals surface area contributed by atoms with Crippen LogP contribution < -0.4 is 4.90 Å². The van der Waals surface area contributed by atoms with Gasteiger partial charge in [0, 0.05) is 12.1 Å². The highest BCUT2D eigenvalue weighted by Gasteiger charge is 2.25. The Morgan fingerprint density at radius 3 is 2.75 bits per heavy atom. The zero-order valence-electron chi connectivity index (χ0n) is 16.8. The maximum absolute atomic E-state index is 14.9. The summed E-state index contributed by atoms with van der Waals surface area (Å²) in [5, 5.41) is 17.7. The molecule has 0 radical (unpaired) electrons. The molecule has 4 aromatic rings. The fourth-order valence-corrected chi connectivity index (χ4v) is 3.55. The number of fused-ring (bicyclic) bond motifs is 3. The molecule has 10 heteroatoms. The maximum atomic E-state index is 14.9. The molecule has 164 valence electrons. The van der Waals surface area contributed by atoms with Gasteiger partial charge in [0.05, 0.1) is 17.4 Å². The van der Waals surface area contributed by atoms with Crippen LogP contribution in [0.15, 0.2) is 42.7 Å².